The van der Waals surface area contributed by atoms with Crippen LogP contribution >= 0.6 is 0 Å². The molecule has 0 amide bonds. The molecule has 2 aliphatic rings. The number of carbonyl (C=O) groups excluding carboxylic acids is 1. The van der Waals surface area contributed by atoms with Crippen molar-refractivity contribution >= 4 is 5.97 Å². The Hall–Kier alpha value is -1.58. The normalized spacial score (nSPS) is 30.9. The number of nitrogens with zero attached hydrogens (tertiary/aromatic N) is 1. The molecule has 4 heteroatoms. The number of pyridine rings is 1. The summed E-state index contributed by atoms with van der Waals surface area (Å²) in [6.07, 6.45) is 8.99. The summed E-state index contributed by atoms with van der Waals surface area (Å²) in [4.78, 5) is 15.6. The third kappa shape index (κ3) is 3.55. The molecule has 0 N–H and O–H groups in total. The number of aromatic nitrogens is 1. The van der Waals surface area contributed by atoms with Crippen molar-refractivity contribution in [1.29, 1.82) is 0 Å². The minimum absolute atomic E-state index is 0.0351. The summed E-state index contributed by atoms with van der Waals surface area (Å²) in [5, 5.41) is 0. The Kier molecular flexibility index (Phi) is 4.42. The summed E-state index contributed by atoms with van der Waals surface area (Å²) in [5.74, 6) is 2.83. The molecule has 0 saturated heterocycles. The summed E-state index contributed by atoms with van der Waals surface area (Å²) in [7, 11) is 0. The minimum Gasteiger partial charge on any atom is -0.490 e. The smallest absolute Gasteiger partial charge is 0.306 e. The third-order valence-electron chi connectivity index (χ3n) is 4.78. The van der Waals surface area contributed by atoms with Crippen LogP contribution in [0.5, 0.6) is 5.75 Å². The predicted molar refractivity (Wildman–Crippen MR) is 78.8 cm³/mol. The number of esters is 1. The molecule has 0 aliphatic heterocycles. The molecular weight excluding hydrogens is 266 g/mol. The second-order valence-electron chi connectivity index (χ2n) is 6.26. The van der Waals surface area contributed by atoms with E-state index in [-0.39, 0.29) is 5.97 Å². The van der Waals surface area contributed by atoms with Gasteiger partial charge in [0.15, 0.2) is 0 Å². The van der Waals surface area contributed by atoms with Gasteiger partial charge in [0.1, 0.15) is 5.75 Å². The summed E-state index contributed by atoms with van der Waals surface area (Å²) in [5.41, 5.74) is 0. The molecule has 3 rings (SSSR count). The maximum absolute atomic E-state index is 11.6. The predicted octanol–water partition coefficient (Wildman–Crippen LogP) is 3.22. The van der Waals surface area contributed by atoms with Crippen molar-refractivity contribution in [3.63, 3.8) is 0 Å². The molecule has 2 unspecified atom stereocenters. The summed E-state index contributed by atoms with van der Waals surface area (Å²) < 4.78 is 11.1. The SMILES string of the molecule is CCOC(=O)CC1CC2CC(Oc3ccncc3)CC2C1. The molecule has 114 valence electrons. The van der Waals surface area contributed by atoms with Crippen LogP contribution in [0.4, 0.5) is 0 Å². The van der Waals surface area contributed by atoms with Crippen LogP contribution in [0.3, 0.4) is 0 Å². The first-order valence-corrected chi connectivity index (χ1v) is 7.97. The highest BCUT2D eigenvalue weighted by Gasteiger charge is 2.43. The Bertz CT molecular complexity index is 462. The Morgan fingerprint density at radius 2 is 1.86 bits per heavy atom. The topological polar surface area (TPSA) is 48.4 Å². The average molecular weight is 289 g/mol. The molecule has 4 nitrogen and oxygen atoms in total. The molecule has 2 saturated carbocycles. The van der Waals surface area contributed by atoms with E-state index in [0.29, 0.717) is 25.0 Å². The molecule has 2 fully saturated rings. The highest BCUT2D eigenvalue weighted by molar-refractivity contribution is 5.69. The van der Waals surface area contributed by atoms with Gasteiger partial charge in [-0.15, -0.1) is 0 Å². The number of hydrogen-bond acceptors (Lipinski definition) is 4. The first kappa shape index (κ1) is 14.4. The Morgan fingerprint density at radius 1 is 1.19 bits per heavy atom. The van der Waals surface area contributed by atoms with Crippen LogP contribution in [0.15, 0.2) is 24.5 Å². The van der Waals surface area contributed by atoms with E-state index >= 15 is 0 Å². The fourth-order valence-electron chi connectivity index (χ4n) is 4.01. The van der Waals surface area contributed by atoms with Crippen molar-refractivity contribution in [2.75, 3.05) is 6.61 Å². The average Bonchev–Trinajstić information content (AvgIpc) is 2.97. The minimum atomic E-state index is -0.0351. The molecule has 1 aromatic heterocycles. The van der Waals surface area contributed by atoms with Crippen molar-refractivity contribution < 1.29 is 14.3 Å². The molecule has 0 spiro atoms. The van der Waals surface area contributed by atoms with E-state index in [1.807, 2.05) is 19.1 Å². The zero-order valence-electron chi connectivity index (χ0n) is 12.5. The number of carbonyl (C=O) groups is 1. The Morgan fingerprint density at radius 3 is 2.48 bits per heavy atom. The molecular formula is C17H23NO3. The quantitative estimate of drug-likeness (QED) is 0.781. The van der Waals surface area contributed by atoms with Gasteiger partial charge in [-0.2, -0.15) is 0 Å². The van der Waals surface area contributed by atoms with E-state index in [9.17, 15) is 4.79 Å². The Labute approximate surface area is 125 Å². The molecule has 2 atom stereocenters. The van der Waals surface area contributed by atoms with Crippen molar-refractivity contribution in [3.05, 3.63) is 24.5 Å². The zero-order valence-corrected chi connectivity index (χ0v) is 12.5. The molecule has 0 bridgehead atoms. The van der Waals surface area contributed by atoms with E-state index in [4.69, 9.17) is 9.47 Å². The van der Waals surface area contributed by atoms with Crippen molar-refractivity contribution in [3.8, 4) is 5.75 Å². The molecule has 0 aromatic carbocycles. The third-order valence-corrected chi connectivity index (χ3v) is 4.78. The van der Waals surface area contributed by atoms with Crippen LogP contribution in [-0.2, 0) is 9.53 Å². The van der Waals surface area contributed by atoms with Crippen LogP contribution in [0.1, 0.15) is 39.0 Å². The summed E-state index contributed by atoms with van der Waals surface area (Å²) in [6, 6.07) is 3.83. The maximum atomic E-state index is 11.6. The van der Waals surface area contributed by atoms with E-state index in [1.54, 1.807) is 12.4 Å². The first-order chi connectivity index (χ1) is 10.2. The lowest BCUT2D eigenvalue weighted by Gasteiger charge is -2.16. The second-order valence-corrected chi connectivity index (χ2v) is 6.26. The highest BCUT2D eigenvalue weighted by atomic mass is 16.5. The molecule has 2 aliphatic carbocycles. The van der Waals surface area contributed by atoms with Crippen LogP contribution in [0.25, 0.3) is 0 Å². The lowest BCUT2D eigenvalue weighted by atomic mass is 9.99. The van der Waals surface area contributed by atoms with Crippen LogP contribution in [0, 0.1) is 17.8 Å². The maximum Gasteiger partial charge on any atom is 0.306 e. The van der Waals surface area contributed by atoms with Crippen LogP contribution in [0.2, 0.25) is 0 Å². The molecule has 21 heavy (non-hydrogen) atoms. The zero-order chi connectivity index (χ0) is 14.7. The Balaban J connectivity index is 1.47. The van der Waals surface area contributed by atoms with E-state index in [2.05, 4.69) is 4.98 Å². The van der Waals surface area contributed by atoms with Gasteiger partial charge in [-0.3, -0.25) is 9.78 Å². The fraction of sp³-hybridized carbons (Fsp3) is 0.647. The summed E-state index contributed by atoms with van der Waals surface area (Å²) in [6.45, 7) is 2.35. The van der Waals surface area contributed by atoms with E-state index < -0.39 is 0 Å². The van der Waals surface area contributed by atoms with Crippen molar-refractivity contribution in [2.45, 2.75) is 45.1 Å². The van der Waals surface area contributed by atoms with Crippen molar-refractivity contribution in [2.24, 2.45) is 17.8 Å². The lowest BCUT2D eigenvalue weighted by Crippen LogP contribution is -2.15. The van der Waals surface area contributed by atoms with Crippen LogP contribution < -0.4 is 4.74 Å². The molecule has 1 aromatic rings. The molecule has 1 heterocycles. The van der Waals surface area contributed by atoms with Gasteiger partial charge in [0, 0.05) is 18.8 Å². The summed E-state index contributed by atoms with van der Waals surface area (Å²) >= 11 is 0. The van der Waals surface area contributed by atoms with Gasteiger partial charge < -0.3 is 9.47 Å². The second kappa shape index (κ2) is 6.46. The fourth-order valence-corrected chi connectivity index (χ4v) is 4.01. The lowest BCUT2D eigenvalue weighted by molar-refractivity contribution is -0.144. The van der Waals surface area contributed by atoms with Gasteiger partial charge >= 0.3 is 5.97 Å². The van der Waals surface area contributed by atoms with Gasteiger partial charge in [0.25, 0.3) is 0 Å². The number of fused-ring (bicyclic) bond motifs is 1. The van der Waals surface area contributed by atoms with Gasteiger partial charge in [0.2, 0.25) is 0 Å². The molecule has 0 radical (unpaired) electrons. The first-order valence-electron chi connectivity index (χ1n) is 7.97. The van der Waals surface area contributed by atoms with Crippen LogP contribution in [-0.4, -0.2) is 23.7 Å². The number of hydrogen-bond donors (Lipinski definition) is 0. The largest absolute Gasteiger partial charge is 0.490 e. The number of rotatable bonds is 5. The van der Waals surface area contributed by atoms with Gasteiger partial charge in [-0.1, -0.05) is 0 Å². The highest BCUT2D eigenvalue weighted by Crippen LogP contribution is 2.48. The van der Waals surface area contributed by atoms with Gasteiger partial charge in [-0.25, -0.2) is 0 Å². The number of ether oxygens (including phenoxy) is 2. The monoisotopic (exact) mass is 289 g/mol. The van der Waals surface area contributed by atoms with Crippen molar-refractivity contribution in [1.82, 2.24) is 4.98 Å². The van der Waals surface area contributed by atoms with Gasteiger partial charge in [0.05, 0.1) is 12.7 Å². The van der Waals surface area contributed by atoms with E-state index in [1.165, 1.54) is 0 Å². The van der Waals surface area contributed by atoms with E-state index in [0.717, 1.165) is 43.3 Å². The standard InChI is InChI=1S/C17H23NO3/c1-2-20-17(19)9-12-7-13-10-16(11-14(13)8-12)21-15-3-5-18-6-4-15/h3-6,12-14,16H,2,7-11H2,1H3. The van der Waals surface area contributed by atoms with Gasteiger partial charge in [-0.05, 0) is 62.5 Å².